The number of primary amides is 1. The molecule has 0 saturated carbocycles. The average molecular weight is 260 g/mol. The van der Waals surface area contributed by atoms with Gasteiger partial charge in [0.05, 0.1) is 0 Å². The Kier molecular flexibility index (Phi) is 4.50. The van der Waals surface area contributed by atoms with Crippen LogP contribution < -0.4 is 11.1 Å². The predicted molar refractivity (Wildman–Crippen MR) is 74.4 cm³/mol. The Morgan fingerprint density at radius 1 is 1.22 bits per heavy atom. The summed E-state index contributed by atoms with van der Waals surface area (Å²) >= 11 is 1.72. The second-order valence-corrected chi connectivity index (χ2v) is 5.06. The van der Waals surface area contributed by atoms with Gasteiger partial charge in [-0.1, -0.05) is 36.4 Å². The Bertz CT molecular complexity index is 482. The molecule has 0 aliphatic rings. The van der Waals surface area contributed by atoms with E-state index in [1.165, 1.54) is 4.88 Å². The van der Waals surface area contributed by atoms with Crippen molar-refractivity contribution < 1.29 is 4.79 Å². The lowest BCUT2D eigenvalue weighted by atomic mass is 10.1. The molecule has 1 aromatic heterocycles. The summed E-state index contributed by atoms with van der Waals surface area (Å²) in [7, 11) is 0. The number of hydrogen-bond acceptors (Lipinski definition) is 3. The summed E-state index contributed by atoms with van der Waals surface area (Å²) in [6, 6.07) is 13.3. The molecule has 2 rings (SSSR count). The van der Waals surface area contributed by atoms with Crippen molar-refractivity contribution in [2.45, 2.75) is 12.5 Å². The molecular formula is C14H16N2OS. The number of benzene rings is 1. The van der Waals surface area contributed by atoms with Crippen molar-refractivity contribution in [2.24, 2.45) is 5.73 Å². The third-order valence-electron chi connectivity index (χ3n) is 2.72. The molecule has 0 radical (unpaired) electrons. The van der Waals surface area contributed by atoms with Gasteiger partial charge in [-0.05, 0) is 23.4 Å². The SMILES string of the molecule is NC(=O)[C@@H](NCCc1cccs1)c1ccccc1. The molecule has 18 heavy (non-hydrogen) atoms. The summed E-state index contributed by atoms with van der Waals surface area (Å²) in [6.45, 7) is 0.739. The molecule has 1 amide bonds. The first-order chi connectivity index (χ1) is 8.77. The highest BCUT2D eigenvalue weighted by Crippen LogP contribution is 2.13. The molecular weight excluding hydrogens is 244 g/mol. The lowest BCUT2D eigenvalue weighted by Crippen LogP contribution is -2.34. The van der Waals surface area contributed by atoms with E-state index in [1.807, 2.05) is 36.4 Å². The van der Waals surface area contributed by atoms with E-state index in [9.17, 15) is 4.79 Å². The van der Waals surface area contributed by atoms with Crippen molar-refractivity contribution in [3.8, 4) is 0 Å². The van der Waals surface area contributed by atoms with Gasteiger partial charge in [-0.15, -0.1) is 11.3 Å². The molecule has 1 heterocycles. The number of rotatable bonds is 6. The number of hydrogen-bond donors (Lipinski definition) is 2. The van der Waals surface area contributed by atoms with Crippen LogP contribution in [0.25, 0.3) is 0 Å². The second-order valence-electron chi connectivity index (χ2n) is 4.03. The van der Waals surface area contributed by atoms with Gasteiger partial charge in [0, 0.05) is 11.4 Å². The minimum absolute atomic E-state index is 0.340. The van der Waals surface area contributed by atoms with Gasteiger partial charge < -0.3 is 11.1 Å². The summed E-state index contributed by atoms with van der Waals surface area (Å²) in [5.74, 6) is -0.340. The van der Waals surface area contributed by atoms with E-state index in [0.29, 0.717) is 0 Å². The van der Waals surface area contributed by atoms with Crippen LogP contribution in [0, 0.1) is 0 Å². The Hall–Kier alpha value is -1.65. The van der Waals surface area contributed by atoms with Crippen LogP contribution in [0.2, 0.25) is 0 Å². The summed E-state index contributed by atoms with van der Waals surface area (Å²) in [5, 5.41) is 5.26. The fourth-order valence-corrected chi connectivity index (χ4v) is 2.53. The van der Waals surface area contributed by atoms with E-state index in [-0.39, 0.29) is 5.91 Å². The summed E-state index contributed by atoms with van der Waals surface area (Å²) < 4.78 is 0. The third kappa shape index (κ3) is 3.42. The average Bonchev–Trinajstić information content (AvgIpc) is 2.88. The molecule has 0 saturated heterocycles. The first kappa shape index (κ1) is 12.8. The van der Waals surface area contributed by atoms with Crippen LogP contribution in [0.15, 0.2) is 47.8 Å². The second kappa shape index (κ2) is 6.33. The van der Waals surface area contributed by atoms with Gasteiger partial charge in [-0.3, -0.25) is 4.79 Å². The van der Waals surface area contributed by atoms with Crippen molar-refractivity contribution in [2.75, 3.05) is 6.54 Å². The number of thiophene rings is 1. The Labute approximate surface area is 111 Å². The van der Waals surface area contributed by atoms with Crippen LogP contribution in [-0.4, -0.2) is 12.5 Å². The van der Waals surface area contributed by atoms with E-state index < -0.39 is 6.04 Å². The smallest absolute Gasteiger partial charge is 0.239 e. The predicted octanol–water partition coefficient (Wildman–Crippen LogP) is 2.11. The summed E-state index contributed by atoms with van der Waals surface area (Å²) in [4.78, 5) is 12.8. The minimum atomic E-state index is -0.411. The van der Waals surface area contributed by atoms with E-state index in [0.717, 1.165) is 18.5 Å². The number of nitrogens with one attached hydrogen (secondary N) is 1. The van der Waals surface area contributed by atoms with Crippen LogP contribution in [0.4, 0.5) is 0 Å². The van der Waals surface area contributed by atoms with Crippen LogP contribution in [0.3, 0.4) is 0 Å². The molecule has 3 nitrogen and oxygen atoms in total. The van der Waals surface area contributed by atoms with Crippen molar-refractivity contribution in [3.05, 3.63) is 58.3 Å². The largest absolute Gasteiger partial charge is 0.368 e. The molecule has 94 valence electrons. The van der Waals surface area contributed by atoms with Gasteiger partial charge in [0.25, 0.3) is 0 Å². The maximum Gasteiger partial charge on any atom is 0.239 e. The quantitative estimate of drug-likeness (QED) is 0.835. The summed E-state index contributed by atoms with van der Waals surface area (Å²) in [6.07, 6.45) is 0.911. The van der Waals surface area contributed by atoms with Crippen LogP contribution in [0.5, 0.6) is 0 Å². The molecule has 0 spiro atoms. The number of carbonyl (C=O) groups excluding carboxylic acids is 1. The normalized spacial score (nSPS) is 12.2. The van der Waals surface area contributed by atoms with Crippen molar-refractivity contribution >= 4 is 17.2 Å². The monoisotopic (exact) mass is 260 g/mol. The first-order valence-electron chi connectivity index (χ1n) is 5.87. The Balaban J connectivity index is 1.93. The molecule has 1 aromatic carbocycles. The topological polar surface area (TPSA) is 55.1 Å². The molecule has 0 unspecified atom stereocenters. The van der Waals surface area contributed by atoms with E-state index in [1.54, 1.807) is 11.3 Å². The zero-order valence-electron chi connectivity index (χ0n) is 10.0. The maximum absolute atomic E-state index is 11.5. The molecule has 1 atom stereocenters. The lowest BCUT2D eigenvalue weighted by Gasteiger charge is -2.15. The highest BCUT2D eigenvalue weighted by molar-refractivity contribution is 7.09. The number of carbonyl (C=O) groups is 1. The number of nitrogens with two attached hydrogens (primary N) is 1. The van der Waals surface area contributed by atoms with Gasteiger partial charge in [0.15, 0.2) is 0 Å². The molecule has 2 aromatic rings. The molecule has 4 heteroatoms. The highest BCUT2D eigenvalue weighted by Gasteiger charge is 2.16. The van der Waals surface area contributed by atoms with Crippen molar-refractivity contribution in [1.29, 1.82) is 0 Å². The fourth-order valence-electron chi connectivity index (χ4n) is 1.82. The van der Waals surface area contributed by atoms with Gasteiger partial charge in [-0.25, -0.2) is 0 Å². The van der Waals surface area contributed by atoms with Crippen LogP contribution in [-0.2, 0) is 11.2 Å². The van der Waals surface area contributed by atoms with E-state index in [4.69, 9.17) is 5.73 Å². The number of amides is 1. The van der Waals surface area contributed by atoms with Gasteiger partial charge in [0.1, 0.15) is 6.04 Å². The van der Waals surface area contributed by atoms with Gasteiger partial charge in [0.2, 0.25) is 5.91 Å². The molecule has 0 bridgehead atoms. The molecule has 0 fully saturated rings. The first-order valence-corrected chi connectivity index (χ1v) is 6.75. The third-order valence-corrected chi connectivity index (χ3v) is 3.65. The van der Waals surface area contributed by atoms with E-state index in [2.05, 4.69) is 16.8 Å². The Morgan fingerprint density at radius 2 is 2.00 bits per heavy atom. The lowest BCUT2D eigenvalue weighted by molar-refractivity contribution is -0.120. The maximum atomic E-state index is 11.5. The molecule has 0 aliphatic carbocycles. The van der Waals surface area contributed by atoms with Crippen molar-refractivity contribution in [3.63, 3.8) is 0 Å². The van der Waals surface area contributed by atoms with Crippen molar-refractivity contribution in [1.82, 2.24) is 5.32 Å². The highest BCUT2D eigenvalue weighted by atomic mass is 32.1. The summed E-state index contributed by atoms with van der Waals surface area (Å²) in [5.41, 5.74) is 6.34. The standard InChI is InChI=1S/C14H16N2OS/c15-14(17)13(11-5-2-1-3-6-11)16-9-8-12-7-4-10-18-12/h1-7,10,13,16H,8-9H2,(H2,15,17)/t13-/m0/s1. The zero-order valence-corrected chi connectivity index (χ0v) is 10.8. The van der Waals surface area contributed by atoms with E-state index >= 15 is 0 Å². The van der Waals surface area contributed by atoms with Crippen LogP contribution >= 0.6 is 11.3 Å². The minimum Gasteiger partial charge on any atom is -0.368 e. The zero-order chi connectivity index (χ0) is 12.8. The fraction of sp³-hybridized carbons (Fsp3) is 0.214. The molecule has 3 N–H and O–H groups in total. The Morgan fingerprint density at radius 3 is 2.61 bits per heavy atom. The van der Waals surface area contributed by atoms with Gasteiger partial charge in [-0.2, -0.15) is 0 Å². The van der Waals surface area contributed by atoms with Gasteiger partial charge >= 0.3 is 0 Å². The molecule has 0 aliphatic heterocycles. The van der Waals surface area contributed by atoms with Crippen LogP contribution in [0.1, 0.15) is 16.5 Å².